The highest BCUT2D eigenvalue weighted by molar-refractivity contribution is 5.36. The van der Waals surface area contributed by atoms with Gasteiger partial charge in [-0.05, 0) is 43.7 Å². The summed E-state index contributed by atoms with van der Waals surface area (Å²) >= 11 is 0. The van der Waals surface area contributed by atoms with Gasteiger partial charge in [0.1, 0.15) is 5.82 Å². The second-order valence-electron chi connectivity index (χ2n) is 5.09. The standard InChI is InChI=1S/C16H20N4/c1-2-10-17-13(5-1)9-12-19-16-8-3-6-15(20-16)14-7-4-11-18-14/h1-3,5-6,8,10,14,18H,4,7,9,11-12H2,(H,19,20)/t14-/m1/s1. The van der Waals surface area contributed by atoms with E-state index in [4.69, 9.17) is 4.98 Å². The number of aromatic nitrogens is 2. The van der Waals surface area contributed by atoms with Crippen LogP contribution in [0.1, 0.15) is 30.3 Å². The Morgan fingerprint density at radius 2 is 2.20 bits per heavy atom. The van der Waals surface area contributed by atoms with Crippen molar-refractivity contribution < 1.29 is 0 Å². The van der Waals surface area contributed by atoms with Crippen LogP contribution >= 0.6 is 0 Å². The molecule has 0 saturated carbocycles. The Labute approximate surface area is 119 Å². The smallest absolute Gasteiger partial charge is 0.126 e. The third-order valence-electron chi connectivity index (χ3n) is 3.60. The molecule has 0 spiro atoms. The Hall–Kier alpha value is -1.94. The molecule has 1 fully saturated rings. The summed E-state index contributed by atoms with van der Waals surface area (Å²) < 4.78 is 0. The minimum absolute atomic E-state index is 0.424. The van der Waals surface area contributed by atoms with Crippen molar-refractivity contribution in [3.05, 3.63) is 54.0 Å². The average molecular weight is 268 g/mol. The van der Waals surface area contributed by atoms with Crippen molar-refractivity contribution in [2.24, 2.45) is 0 Å². The monoisotopic (exact) mass is 268 g/mol. The number of rotatable bonds is 5. The maximum Gasteiger partial charge on any atom is 0.126 e. The molecule has 0 aliphatic carbocycles. The maximum atomic E-state index is 4.69. The van der Waals surface area contributed by atoms with Crippen molar-refractivity contribution in [2.45, 2.75) is 25.3 Å². The molecular formula is C16H20N4. The Kier molecular flexibility index (Phi) is 4.23. The topological polar surface area (TPSA) is 49.8 Å². The molecule has 1 aliphatic rings. The van der Waals surface area contributed by atoms with E-state index in [1.54, 1.807) is 0 Å². The van der Waals surface area contributed by atoms with Crippen LogP contribution in [0.2, 0.25) is 0 Å². The number of nitrogens with zero attached hydrogens (tertiary/aromatic N) is 2. The highest BCUT2D eigenvalue weighted by atomic mass is 15.0. The summed E-state index contributed by atoms with van der Waals surface area (Å²) in [5.41, 5.74) is 2.25. The molecule has 2 N–H and O–H groups in total. The average Bonchev–Trinajstić information content (AvgIpc) is 3.03. The van der Waals surface area contributed by atoms with Crippen molar-refractivity contribution >= 4 is 5.82 Å². The summed E-state index contributed by atoms with van der Waals surface area (Å²) in [6, 6.07) is 12.6. The molecule has 1 atom stereocenters. The lowest BCUT2D eigenvalue weighted by atomic mass is 10.1. The second-order valence-corrected chi connectivity index (χ2v) is 5.09. The van der Waals surface area contributed by atoms with E-state index in [9.17, 15) is 0 Å². The molecule has 2 aromatic rings. The summed E-state index contributed by atoms with van der Waals surface area (Å²) in [5, 5.41) is 6.86. The van der Waals surface area contributed by atoms with Crippen LogP contribution in [-0.2, 0) is 6.42 Å². The van der Waals surface area contributed by atoms with Crippen LogP contribution in [0.4, 0.5) is 5.82 Å². The molecule has 20 heavy (non-hydrogen) atoms. The summed E-state index contributed by atoms with van der Waals surface area (Å²) in [6.45, 7) is 1.95. The number of hydrogen-bond acceptors (Lipinski definition) is 4. The lowest BCUT2D eigenvalue weighted by Crippen LogP contribution is -2.15. The Morgan fingerprint density at radius 3 is 3.00 bits per heavy atom. The molecule has 0 amide bonds. The number of nitrogens with one attached hydrogen (secondary N) is 2. The Balaban J connectivity index is 1.56. The molecule has 4 nitrogen and oxygen atoms in total. The highest BCUT2D eigenvalue weighted by Crippen LogP contribution is 2.22. The van der Waals surface area contributed by atoms with E-state index in [1.165, 1.54) is 12.8 Å². The first-order valence-corrected chi connectivity index (χ1v) is 7.26. The minimum atomic E-state index is 0.424. The molecule has 0 radical (unpaired) electrons. The fraction of sp³-hybridized carbons (Fsp3) is 0.375. The van der Waals surface area contributed by atoms with Gasteiger partial charge in [0.15, 0.2) is 0 Å². The summed E-state index contributed by atoms with van der Waals surface area (Å²) in [5.74, 6) is 0.951. The van der Waals surface area contributed by atoms with Crippen molar-refractivity contribution in [3.63, 3.8) is 0 Å². The van der Waals surface area contributed by atoms with Gasteiger partial charge in [0.05, 0.1) is 5.69 Å². The van der Waals surface area contributed by atoms with Gasteiger partial charge >= 0.3 is 0 Å². The number of anilines is 1. The van der Waals surface area contributed by atoms with Crippen LogP contribution in [0.25, 0.3) is 0 Å². The first-order chi connectivity index (χ1) is 9.92. The largest absolute Gasteiger partial charge is 0.370 e. The van der Waals surface area contributed by atoms with Gasteiger partial charge in [-0.1, -0.05) is 12.1 Å². The van der Waals surface area contributed by atoms with E-state index in [2.05, 4.69) is 27.8 Å². The third kappa shape index (κ3) is 3.33. The van der Waals surface area contributed by atoms with Crippen LogP contribution in [0.3, 0.4) is 0 Å². The van der Waals surface area contributed by atoms with E-state index in [0.29, 0.717) is 6.04 Å². The van der Waals surface area contributed by atoms with Crippen LogP contribution in [-0.4, -0.2) is 23.1 Å². The molecule has 1 saturated heterocycles. The van der Waals surface area contributed by atoms with Crippen LogP contribution in [0, 0.1) is 0 Å². The van der Waals surface area contributed by atoms with Gasteiger partial charge in [-0.2, -0.15) is 0 Å². The van der Waals surface area contributed by atoms with Crippen LogP contribution < -0.4 is 10.6 Å². The molecule has 0 unspecified atom stereocenters. The third-order valence-corrected chi connectivity index (χ3v) is 3.60. The quantitative estimate of drug-likeness (QED) is 0.875. The normalized spacial score (nSPS) is 18.1. The van der Waals surface area contributed by atoms with Crippen molar-refractivity contribution in [1.29, 1.82) is 0 Å². The predicted octanol–water partition coefficient (Wildman–Crippen LogP) is 2.56. The lowest BCUT2D eigenvalue weighted by Gasteiger charge is -2.12. The Morgan fingerprint density at radius 1 is 1.20 bits per heavy atom. The SMILES string of the molecule is c1ccc(CCNc2cccc([C@H]3CCCN3)n2)nc1. The zero-order chi connectivity index (χ0) is 13.6. The van der Waals surface area contributed by atoms with E-state index >= 15 is 0 Å². The summed E-state index contributed by atoms with van der Waals surface area (Å²) in [4.78, 5) is 9.01. The number of hydrogen-bond donors (Lipinski definition) is 2. The molecule has 4 heteroatoms. The molecule has 3 rings (SSSR count). The van der Waals surface area contributed by atoms with Gasteiger partial charge in [0, 0.05) is 30.9 Å². The van der Waals surface area contributed by atoms with E-state index in [0.717, 1.165) is 36.7 Å². The van der Waals surface area contributed by atoms with E-state index in [-0.39, 0.29) is 0 Å². The molecule has 1 aliphatic heterocycles. The van der Waals surface area contributed by atoms with Crippen molar-refractivity contribution in [3.8, 4) is 0 Å². The van der Waals surface area contributed by atoms with Gasteiger partial charge in [-0.25, -0.2) is 4.98 Å². The molecular weight excluding hydrogens is 248 g/mol. The van der Waals surface area contributed by atoms with Gasteiger partial charge < -0.3 is 10.6 Å². The molecule has 104 valence electrons. The first kappa shape index (κ1) is 13.1. The minimum Gasteiger partial charge on any atom is -0.370 e. The summed E-state index contributed by atoms with van der Waals surface area (Å²) in [6.07, 6.45) is 5.17. The summed E-state index contributed by atoms with van der Waals surface area (Å²) in [7, 11) is 0. The van der Waals surface area contributed by atoms with Gasteiger partial charge in [0.25, 0.3) is 0 Å². The van der Waals surface area contributed by atoms with Crippen molar-refractivity contribution in [1.82, 2.24) is 15.3 Å². The Bertz CT molecular complexity index is 535. The second kappa shape index (κ2) is 6.48. The fourth-order valence-corrected chi connectivity index (χ4v) is 2.55. The molecule has 3 heterocycles. The van der Waals surface area contributed by atoms with E-state index in [1.807, 2.05) is 30.5 Å². The zero-order valence-corrected chi connectivity index (χ0v) is 11.5. The van der Waals surface area contributed by atoms with Gasteiger partial charge in [-0.3, -0.25) is 4.98 Å². The number of pyridine rings is 2. The first-order valence-electron chi connectivity index (χ1n) is 7.26. The molecule has 0 aromatic carbocycles. The maximum absolute atomic E-state index is 4.69. The molecule has 0 bridgehead atoms. The highest BCUT2D eigenvalue weighted by Gasteiger charge is 2.17. The van der Waals surface area contributed by atoms with Crippen LogP contribution in [0.15, 0.2) is 42.6 Å². The predicted molar refractivity (Wildman–Crippen MR) is 80.6 cm³/mol. The lowest BCUT2D eigenvalue weighted by molar-refractivity contribution is 0.628. The van der Waals surface area contributed by atoms with Crippen LogP contribution in [0.5, 0.6) is 0 Å². The van der Waals surface area contributed by atoms with Crippen molar-refractivity contribution in [2.75, 3.05) is 18.4 Å². The molecule has 2 aromatic heterocycles. The van der Waals surface area contributed by atoms with Gasteiger partial charge in [0.2, 0.25) is 0 Å². The van der Waals surface area contributed by atoms with E-state index < -0.39 is 0 Å². The fourth-order valence-electron chi connectivity index (χ4n) is 2.55. The van der Waals surface area contributed by atoms with Gasteiger partial charge in [-0.15, -0.1) is 0 Å². The zero-order valence-electron chi connectivity index (χ0n) is 11.5.